The molecule has 0 heterocycles. The Labute approximate surface area is 256 Å². The molecule has 24 heteroatoms. The van der Waals surface area contributed by atoms with Gasteiger partial charge in [0.1, 0.15) is 0 Å². The van der Waals surface area contributed by atoms with E-state index in [2.05, 4.69) is 0 Å². The molecule has 0 atom stereocenters. The van der Waals surface area contributed by atoms with E-state index in [1.165, 1.54) is 0 Å². The van der Waals surface area contributed by atoms with Crippen molar-refractivity contribution in [3.8, 4) is 0 Å². The van der Waals surface area contributed by atoms with Gasteiger partial charge in [-0.3, -0.25) is 0 Å². The lowest BCUT2D eigenvalue weighted by Crippen LogP contribution is -2.59. The summed E-state index contributed by atoms with van der Waals surface area (Å²) in [7, 11) is 0. The zero-order valence-electron chi connectivity index (χ0n) is 22.8. The van der Waals surface area contributed by atoms with Crippen LogP contribution >= 0.6 is 0 Å². The van der Waals surface area contributed by atoms with E-state index >= 15 is 0 Å². The zero-order chi connectivity index (χ0) is 38.8. The Morgan fingerprint density at radius 2 is 0.714 bits per heavy atom. The van der Waals surface area contributed by atoms with Gasteiger partial charge >= 0.3 is 72.6 Å². The number of hydrogen-bond acceptors (Lipinski definition) is 0. The van der Waals surface area contributed by atoms with Crippen molar-refractivity contribution in [1.29, 1.82) is 0 Å². The van der Waals surface area contributed by atoms with Gasteiger partial charge in [-0.1, -0.05) is 30.3 Å². The van der Waals surface area contributed by atoms with Crippen LogP contribution in [0, 0.1) is 0 Å². The van der Waals surface area contributed by atoms with Crippen LogP contribution in [0.5, 0.6) is 0 Å². The van der Waals surface area contributed by atoms with Gasteiger partial charge in [0.2, 0.25) is 0 Å². The molecule has 0 saturated carbocycles. The molecule has 0 aliphatic rings. The Bertz CT molecular complexity index is 1470. The second kappa shape index (κ2) is 12.7. The van der Waals surface area contributed by atoms with Crippen LogP contribution in [0.4, 0.5) is 105 Å². The summed E-state index contributed by atoms with van der Waals surface area (Å²) in [5.74, 6) is -63.7. The Morgan fingerprint density at radius 3 is 1.06 bits per heavy atom. The number of rotatable bonds is 15. The van der Waals surface area contributed by atoms with Crippen molar-refractivity contribution in [1.82, 2.24) is 0 Å². The fourth-order valence-corrected chi connectivity index (χ4v) is 4.27. The van der Waals surface area contributed by atoms with Gasteiger partial charge in [0.15, 0.2) is 0 Å². The third-order valence-corrected chi connectivity index (χ3v) is 7.03. The first-order chi connectivity index (χ1) is 21.6. The van der Waals surface area contributed by atoms with Crippen molar-refractivity contribution in [2.24, 2.45) is 0 Å². The summed E-state index contributed by atoms with van der Waals surface area (Å²) in [6.45, 7) is 0. The highest BCUT2D eigenvalue weighted by Crippen LogP contribution is 2.55. The minimum absolute atomic E-state index is 0.248. The topological polar surface area (TPSA) is 0 Å². The summed E-state index contributed by atoms with van der Waals surface area (Å²) < 4.78 is 330. The van der Waals surface area contributed by atoms with E-state index in [0.717, 1.165) is 0 Å². The Balaban J connectivity index is 3.10. The second-order valence-electron chi connectivity index (χ2n) is 10.4. The van der Waals surface area contributed by atoms with Crippen molar-refractivity contribution in [3.05, 3.63) is 47.0 Å². The van der Waals surface area contributed by atoms with Gasteiger partial charge in [-0.25, -0.2) is 26.3 Å². The van der Waals surface area contributed by atoms with Gasteiger partial charge < -0.3 is 0 Å². The number of hydrogen-bond donors (Lipinski definition) is 0. The molecular weight excluding hydrogens is 756 g/mol. The standard InChI is InChI=1S/C25H14F24/c26-14(27)20(38,39)23(44,45)17(32,33)6-10-5-9-3-1-2-4-11(9)13(8-19(36,37)25(48,49)22(42,43)16(30)31)12(10)7-18(34,35)24(46,47)21(40,41)15(28)29/h1-5,14-16H,6-8H2. The van der Waals surface area contributed by atoms with Crippen LogP contribution in [0.3, 0.4) is 0 Å². The summed E-state index contributed by atoms with van der Waals surface area (Å²) in [6, 6.07) is 1.71. The van der Waals surface area contributed by atoms with Crippen LogP contribution < -0.4 is 0 Å². The predicted molar refractivity (Wildman–Crippen MR) is 118 cm³/mol. The largest absolute Gasteiger partial charge is 0.378 e. The maximum atomic E-state index is 14.8. The quantitative estimate of drug-likeness (QED) is 0.158. The lowest BCUT2D eigenvalue weighted by molar-refractivity contribution is -0.339. The number of alkyl halides is 24. The van der Waals surface area contributed by atoms with E-state index < -0.39 is 119 Å². The molecule has 0 amide bonds. The number of fused-ring (bicyclic) bond motifs is 1. The van der Waals surface area contributed by atoms with Gasteiger partial charge in [-0.15, -0.1) is 0 Å². The van der Waals surface area contributed by atoms with E-state index in [4.69, 9.17) is 0 Å². The molecule has 0 nitrogen and oxygen atoms in total. The van der Waals surface area contributed by atoms with Gasteiger partial charge in [0, 0.05) is 19.3 Å². The summed E-state index contributed by atoms with van der Waals surface area (Å²) in [4.78, 5) is 0. The molecule has 0 saturated heterocycles. The van der Waals surface area contributed by atoms with E-state index in [9.17, 15) is 105 Å². The maximum absolute atomic E-state index is 14.8. The van der Waals surface area contributed by atoms with Gasteiger partial charge in [-0.2, -0.15) is 79.0 Å². The molecule has 282 valence electrons. The zero-order valence-corrected chi connectivity index (χ0v) is 22.8. The molecular formula is C25H14F24. The van der Waals surface area contributed by atoms with Gasteiger partial charge in [0.05, 0.1) is 0 Å². The van der Waals surface area contributed by atoms with E-state index in [-0.39, 0.29) is 12.1 Å². The number of halogens is 24. The van der Waals surface area contributed by atoms with Gasteiger partial charge in [0.25, 0.3) is 0 Å². The fraction of sp³-hybridized carbons (Fsp3) is 0.600. The molecule has 0 aromatic heterocycles. The highest BCUT2D eigenvalue weighted by molar-refractivity contribution is 5.88. The van der Waals surface area contributed by atoms with Crippen molar-refractivity contribution in [3.63, 3.8) is 0 Å². The predicted octanol–water partition coefficient (Wildman–Crippen LogP) is 11.0. The van der Waals surface area contributed by atoms with Crippen molar-refractivity contribution in [2.75, 3.05) is 0 Å². The van der Waals surface area contributed by atoms with Crippen LogP contribution in [0.2, 0.25) is 0 Å². The van der Waals surface area contributed by atoms with Crippen LogP contribution in [0.1, 0.15) is 16.7 Å². The summed E-state index contributed by atoms with van der Waals surface area (Å²) in [5, 5.41) is -2.52. The van der Waals surface area contributed by atoms with E-state index in [0.29, 0.717) is 18.2 Å². The fourth-order valence-electron chi connectivity index (χ4n) is 4.27. The highest BCUT2D eigenvalue weighted by Gasteiger charge is 2.78. The third-order valence-electron chi connectivity index (χ3n) is 7.03. The van der Waals surface area contributed by atoms with Crippen molar-refractivity contribution < 1.29 is 105 Å². The first kappa shape index (κ1) is 42.2. The SMILES string of the molecule is FC(F)C(F)(F)C(F)(F)C(F)(F)Cc1cc2ccccc2c(CC(F)(F)C(F)(F)C(F)(F)C(F)F)c1CC(F)(F)C(F)(F)C(F)(F)C(F)F. The summed E-state index contributed by atoms with van der Waals surface area (Å²) in [5.41, 5.74) is -7.42. The monoisotopic (exact) mass is 770 g/mol. The highest BCUT2D eigenvalue weighted by atomic mass is 19.4. The van der Waals surface area contributed by atoms with Crippen LogP contribution in [-0.2, 0) is 19.3 Å². The summed E-state index contributed by atoms with van der Waals surface area (Å²) >= 11 is 0. The van der Waals surface area contributed by atoms with E-state index in [1.54, 1.807) is 0 Å². The third kappa shape index (κ3) is 6.76. The molecule has 0 N–H and O–H groups in total. The molecule has 0 fully saturated rings. The molecule has 0 radical (unpaired) electrons. The molecule has 0 bridgehead atoms. The van der Waals surface area contributed by atoms with Crippen LogP contribution in [-0.4, -0.2) is 72.6 Å². The molecule has 2 rings (SSSR count). The summed E-state index contributed by atoms with van der Waals surface area (Å²) in [6.07, 6.45) is -27.5. The Hall–Kier alpha value is -2.98. The molecule has 49 heavy (non-hydrogen) atoms. The smallest absolute Gasteiger partial charge is 0.203 e. The minimum Gasteiger partial charge on any atom is -0.203 e. The average Bonchev–Trinajstić information content (AvgIpc) is 2.93. The molecule has 0 aliphatic heterocycles. The average molecular weight is 770 g/mol. The first-order valence-electron chi connectivity index (χ1n) is 12.4. The molecule has 0 aliphatic carbocycles. The lowest BCUT2D eigenvalue weighted by Gasteiger charge is -2.36. The van der Waals surface area contributed by atoms with Crippen molar-refractivity contribution in [2.45, 2.75) is 91.8 Å². The lowest BCUT2D eigenvalue weighted by atomic mass is 9.82. The number of benzene rings is 2. The van der Waals surface area contributed by atoms with E-state index in [1.807, 2.05) is 0 Å². The maximum Gasteiger partial charge on any atom is 0.378 e. The van der Waals surface area contributed by atoms with Crippen LogP contribution in [0.15, 0.2) is 30.3 Å². The van der Waals surface area contributed by atoms with Crippen molar-refractivity contribution >= 4 is 10.8 Å². The molecule has 0 spiro atoms. The molecule has 2 aromatic carbocycles. The normalized spacial score (nSPS) is 15.3. The van der Waals surface area contributed by atoms with Crippen LogP contribution in [0.25, 0.3) is 10.8 Å². The molecule has 2 aromatic rings. The Kier molecular flexibility index (Phi) is 10.9. The Morgan fingerprint density at radius 1 is 0.408 bits per heavy atom. The second-order valence-corrected chi connectivity index (χ2v) is 10.4. The van der Waals surface area contributed by atoms with Gasteiger partial charge in [-0.05, 0) is 27.5 Å². The first-order valence-corrected chi connectivity index (χ1v) is 12.4. The minimum atomic E-state index is -7.42. The molecule has 0 unspecified atom stereocenters.